The molecule has 0 unspecified atom stereocenters. The molecule has 0 aromatic heterocycles. The number of nitro benzene ring substituents is 1. The summed E-state index contributed by atoms with van der Waals surface area (Å²) in [5.74, 6) is -0.644. The number of carbonyl (C=O) groups excluding carboxylic acids is 2. The molecule has 2 amide bonds. The predicted molar refractivity (Wildman–Crippen MR) is 107 cm³/mol. The Morgan fingerprint density at radius 3 is 2.04 bits per heavy atom. The average Bonchev–Trinajstić information content (AvgIpc) is 2.70. The minimum absolute atomic E-state index is 0.0585. The number of nitro groups is 1. The minimum Gasteiger partial charge on any atom is -0.322 e. The van der Waals surface area contributed by atoms with Gasteiger partial charge in [0.05, 0.1) is 16.2 Å². The van der Waals surface area contributed by atoms with Crippen molar-refractivity contribution in [1.82, 2.24) is 0 Å². The zero-order valence-corrected chi connectivity index (χ0v) is 15.0. The number of rotatable bonds is 5. The third kappa shape index (κ3) is 4.21. The Morgan fingerprint density at radius 1 is 0.786 bits per heavy atom. The van der Waals surface area contributed by atoms with Crippen LogP contribution in [-0.4, -0.2) is 16.7 Å². The summed E-state index contributed by atoms with van der Waals surface area (Å²) in [6.45, 7) is 1.58. The van der Waals surface area contributed by atoms with Gasteiger partial charge in [-0.2, -0.15) is 0 Å². The fourth-order valence-electron chi connectivity index (χ4n) is 2.65. The number of amides is 2. The van der Waals surface area contributed by atoms with Crippen molar-refractivity contribution in [2.45, 2.75) is 6.92 Å². The smallest absolute Gasteiger partial charge is 0.274 e. The number of nitrogens with zero attached hydrogens (tertiary/aromatic N) is 1. The van der Waals surface area contributed by atoms with Crippen molar-refractivity contribution in [3.63, 3.8) is 0 Å². The molecule has 0 atom stereocenters. The molecule has 3 aromatic carbocycles. The van der Waals surface area contributed by atoms with E-state index in [-0.39, 0.29) is 11.6 Å². The molecule has 0 radical (unpaired) electrons. The van der Waals surface area contributed by atoms with E-state index in [2.05, 4.69) is 10.6 Å². The maximum atomic E-state index is 12.4. The second-order valence-corrected chi connectivity index (χ2v) is 6.06. The third-order valence-corrected chi connectivity index (χ3v) is 4.19. The number of carbonyl (C=O) groups is 2. The molecular formula is C21H17N3O4. The molecule has 7 heteroatoms. The highest BCUT2D eigenvalue weighted by Crippen LogP contribution is 2.25. The van der Waals surface area contributed by atoms with Gasteiger partial charge in [-0.1, -0.05) is 24.3 Å². The molecule has 0 aliphatic heterocycles. The van der Waals surface area contributed by atoms with Gasteiger partial charge in [-0.05, 0) is 49.4 Å². The predicted octanol–water partition coefficient (Wildman–Crippen LogP) is 4.41. The lowest BCUT2D eigenvalue weighted by molar-refractivity contribution is -0.385. The van der Waals surface area contributed by atoms with E-state index >= 15 is 0 Å². The first-order chi connectivity index (χ1) is 13.5. The zero-order valence-electron chi connectivity index (χ0n) is 15.0. The molecule has 0 aliphatic rings. The van der Waals surface area contributed by atoms with Crippen LogP contribution in [0.2, 0.25) is 0 Å². The first-order valence-corrected chi connectivity index (χ1v) is 8.47. The molecule has 28 heavy (non-hydrogen) atoms. The number of benzene rings is 3. The minimum atomic E-state index is -0.491. The Kier molecular flexibility index (Phi) is 5.45. The number of anilines is 2. The average molecular weight is 375 g/mol. The first kappa shape index (κ1) is 18.8. The summed E-state index contributed by atoms with van der Waals surface area (Å²) in [4.78, 5) is 35.1. The van der Waals surface area contributed by atoms with Crippen LogP contribution < -0.4 is 10.6 Å². The van der Waals surface area contributed by atoms with Gasteiger partial charge in [0.2, 0.25) is 0 Å². The van der Waals surface area contributed by atoms with Crippen LogP contribution in [0, 0.1) is 17.0 Å². The van der Waals surface area contributed by atoms with Crippen LogP contribution in [-0.2, 0) is 0 Å². The third-order valence-electron chi connectivity index (χ3n) is 4.19. The van der Waals surface area contributed by atoms with Crippen molar-refractivity contribution in [2.24, 2.45) is 0 Å². The molecule has 140 valence electrons. The molecular weight excluding hydrogens is 358 g/mol. The van der Waals surface area contributed by atoms with Crippen LogP contribution in [0.15, 0.2) is 72.8 Å². The van der Waals surface area contributed by atoms with E-state index in [9.17, 15) is 19.7 Å². The van der Waals surface area contributed by atoms with Crippen molar-refractivity contribution >= 4 is 28.9 Å². The summed E-state index contributed by atoms with van der Waals surface area (Å²) in [6, 6.07) is 19.7. The molecule has 0 heterocycles. The topological polar surface area (TPSA) is 101 Å². The summed E-state index contributed by atoms with van der Waals surface area (Å²) in [6.07, 6.45) is 0. The van der Waals surface area contributed by atoms with Gasteiger partial charge in [0.15, 0.2) is 0 Å². The van der Waals surface area contributed by atoms with E-state index < -0.39 is 10.8 Å². The van der Waals surface area contributed by atoms with Gasteiger partial charge in [-0.15, -0.1) is 0 Å². The van der Waals surface area contributed by atoms with Crippen LogP contribution in [0.3, 0.4) is 0 Å². The van der Waals surface area contributed by atoms with Gasteiger partial charge >= 0.3 is 0 Å². The van der Waals surface area contributed by atoms with E-state index in [1.165, 1.54) is 12.1 Å². The number of nitrogens with one attached hydrogen (secondary N) is 2. The number of hydrogen-bond donors (Lipinski definition) is 2. The van der Waals surface area contributed by atoms with E-state index in [0.29, 0.717) is 28.1 Å². The maximum Gasteiger partial charge on any atom is 0.274 e. The van der Waals surface area contributed by atoms with E-state index in [1.54, 1.807) is 61.5 Å². The SMILES string of the molecule is Cc1c(NC(=O)c2ccc(NC(=O)c3ccccc3)cc2)cccc1[N+](=O)[O-]. The molecule has 0 spiro atoms. The van der Waals surface area contributed by atoms with E-state index in [0.717, 1.165) is 0 Å². The van der Waals surface area contributed by atoms with Gasteiger partial charge in [0.25, 0.3) is 17.5 Å². The zero-order chi connectivity index (χ0) is 20.1. The molecule has 2 N–H and O–H groups in total. The fourth-order valence-corrected chi connectivity index (χ4v) is 2.65. The van der Waals surface area contributed by atoms with Crippen molar-refractivity contribution in [3.05, 3.63) is 99.6 Å². The fraction of sp³-hybridized carbons (Fsp3) is 0.0476. The summed E-state index contributed by atoms with van der Waals surface area (Å²) < 4.78 is 0. The van der Waals surface area contributed by atoms with E-state index in [1.807, 2.05) is 6.07 Å². The highest BCUT2D eigenvalue weighted by molar-refractivity contribution is 6.06. The van der Waals surface area contributed by atoms with Crippen LogP contribution >= 0.6 is 0 Å². The molecule has 0 fully saturated rings. The lowest BCUT2D eigenvalue weighted by Crippen LogP contribution is -2.14. The van der Waals surface area contributed by atoms with Crippen LogP contribution in [0.5, 0.6) is 0 Å². The van der Waals surface area contributed by atoms with Crippen molar-refractivity contribution in [1.29, 1.82) is 0 Å². The monoisotopic (exact) mass is 375 g/mol. The summed E-state index contributed by atoms with van der Waals surface area (Å²) in [5, 5.41) is 16.5. The Balaban J connectivity index is 1.70. The lowest BCUT2D eigenvalue weighted by atomic mass is 10.1. The van der Waals surface area contributed by atoms with E-state index in [4.69, 9.17) is 0 Å². The van der Waals surface area contributed by atoms with Gasteiger partial charge in [0.1, 0.15) is 0 Å². The highest BCUT2D eigenvalue weighted by Gasteiger charge is 2.15. The van der Waals surface area contributed by atoms with Gasteiger partial charge < -0.3 is 10.6 Å². The van der Waals surface area contributed by atoms with Gasteiger partial charge in [0, 0.05) is 22.9 Å². The second-order valence-electron chi connectivity index (χ2n) is 6.06. The van der Waals surface area contributed by atoms with Gasteiger partial charge in [-0.3, -0.25) is 19.7 Å². The van der Waals surface area contributed by atoms with Crippen molar-refractivity contribution in [3.8, 4) is 0 Å². The Morgan fingerprint density at radius 2 is 1.39 bits per heavy atom. The standard InChI is InChI=1S/C21H17N3O4/c1-14-18(8-5-9-19(14)24(27)28)23-21(26)16-10-12-17(13-11-16)22-20(25)15-6-3-2-4-7-15/h2-13H,1H3,(H,22,25)(H,23,26). The molecule has 0 saturated carbocycles. The summed E-state index contributed by atoms with van der Waals surface area (Å²) in [7, 11) is 0. The Hall–Kier alpha value is -4.00. The quantitative estimate of drug-likeness (QED) is 0.509. The van der Waals surface area contributed by atoms with Crippen LogP contribution in [0.4, 0.5) is 17.1 Å². The summed E-state index contributed by atoms with van der Waals surface area (Å²) in [5.41, 5.74) is 2.15. The van der Waals surface area contributed by atoms with Crippen LogP contribution in [0.1, 0.15) is 26.3 Å². The first-order valence-electron chi connectivity index (χ1n) is 8.47. The molecule has 0 aliphatic carbocycles. The van der Waals surface area contributed by atoms with Crippen molar-refractivity contribution < 1.29 is 14.5 Å². The van der Waals surface area contributed by atoms with Gasteiger partial charge in [-0.25, -0.2) is 0 Å². The lowest BCUT2D eigenvalue weighted by Gasteiger charge is -2.10. The van der Waals surface area contributed by atoms with Crippen molar-refractivity contribution in [2.75, 3.05) is 10.6 Å². The Labute approximate surface area is 161 Å². The van der Waals surface area contributed by atoms with Crippen LogP contribution in [0.25, 0.3) is 0 Å². The maximum absolute atomic E-state index is 12.4. The molecule has 0 saturated heterocycles. The molecule has 7 nitrogen and oxygen atoms in total. The summed E-state index contributed by atoms with van der Waals surface area (Å²) >= 11 is 0. The molecule has 3 aromatic rings. The Bertz CT molecular complexity index is 1030. The number of hydrogen-bond acceptors (Lipinski definition) is 4. The normalized spacial score (nSPS) is 10.2. The molecule has 0 bridgehead atoms. The largest absolute Gasteiger partial charge is 0.322 e. The molecule has 3 rings (SSSR count). The highest BCUT2D eigenvalue weighted by atomic mass is 16.6. The second kappa shape index (κ2) is 8.13.